The number of para-hydroxylation sites is 1. The summed E-state index contributed by atoms with van der Waals surface area (Å²) in [6.45, 7) is 6.10. The van der Waals surface area contributed by atoms with Gasteiger partial charge in [-0.15, -0.1) is 0 Å². The van der Waals surface area contributed by atoms with Crippen molar-refractivity contribution in [3.63, 3.8) is 0 Å². The molecule has 0 fully saturated rings. The van der Waals surface area contributed by atoms with Crippen molar-refractivity contribution in [3.05, 3.63) is 29.8 Å². The van der Waals surface area contributed by atoms with Gasteiger partial charge in [-0.3, -0.25) is 4.79 Å². The van der Waals surface area contributed by atoms with Crippen LogP contribution in [0.2, 0.25) is 0 Å². The predicted octanol–water partition coefficient (Wildman–Crippen LogP) is 3.40. The van der Waals surface area contributed by atoms with Crippen molar-refractivity contribution in [1.29, 1.82) is 0 Å². The molecule has 0 radical (unpaired) electrons. The van der Waals surface area contributed by atoms with E-state index in [2.05, 4.69) is 25.2 Å². The summed E-state index contributed by atoms with van der Waals surface area (Å²) in [4.78, 5) is 11.2. The first-order chi connectivity index (χ1) is 6.65. The summed E-state index contributed by atoms with van der Waals surface area (Å²) in [6, 6.07) is 7.94. The van der Waals surface area contributed by atoms with Gasteiger partial charge in [0, 0.05) is 13.5 Å². The molecule has 0 saturated carbocycles. The van der Waals surface area contributed by atoms with Crippen LogP contribution in [0.15, 0.2) is 24.3 Å². The summed E-state index contributed by atoms with van der Waals surface area (Å²) < 4.78 is 0. The Labute approximate surface area is 86.8 Å². The van der Waals surface area contributed by atoms with Crippen molar-refractivity contribution in [2.45, 2.75) is 33.1 Å². The molecule has 0 aliphatic rings. The molecule has 1 amide bonds. The highest BCUT2D eigenvalue weighted by Crippen LogP contribution is 2.23. The zero-order valence-corrected chi connectivity index (χ0v) is 9.00. The van der Waals surface area contributed by atoms with E-state index in [1.165, 1.54) is 5.56 Å². The van der Waals surface area contributed by atoms with Crippen LogP contribution in [0.4, 0.5) is 5.69 Å². The number of benzene rings is 1. The van der Waals surface area contributed by atoms with Crippen molar-refractivity contribution < 1.29 is 6.22 Å². The number of hydrogen-bond acceptors (Lipinski definition) is 1. The van der Waals surface area contributed by atoms with E-state index >= 15 is 0 Å². The molecular formula is C12H19NO. The SMILES string of the molecule is CCC(=O)Nc1ccccc1C(C)C.[HH]. The Balaban J connectivity index is 0.00000196. The molecular weight excluding hydrogens is 174 g/mol. The largest absolute Gasteiger partial charge is 0.326 e. The fourth-order valence-electron chi connectivity index (χ4n) is 1.35. The molecule has 2 heteroatoms. The zero-order valence-electron chi connectivity index (χ0n) is 9.00. The molecule has 1 aromatic rings. The molecule has 1 N–H and O–H groups in total. The third-order valence-corrected chi connectivity index (χ3v) is 2.18. The smallest absolute Gasteiger partial charge is 0.224 e. The Morgan fingerprint density at radius 1 is 1.43 bits per heavy atom. The van der Waals surface area contributed by atoms with Crippen LogP contribution in [0.3, 0.4) is 0 Å². The van der Waals surface area contributed by atoms with Gasteiger partial charge in [0.2, 0.25) is 5.91 Å². The van der Waals surface area contributed by atoms with Crippen LogP contribution in [0.5, 0.6) is 0 Å². The van der Waals surface area contributed by atoms with E-state index in [0.29, 0.717) is 12.3 Å². The van der Waals surface area contributed by atoms with Crippen LogP contribution in [0.25, 0.3) is 0 Å². The van der Waals surface area contributed by atoms with Crippen LogP contribution >= 0.6 is 0 Å². The number of nitrogens with one attached hydrogen (secondary N) is 1. The fraction of sp³-hybridized carbons (Fsp3) is 0.417. The molecule has 0 aliphatic carbocycles. The highest BCUT2D eigenvalue weighted by molar-refractivity contribution is 5.91. The summed E-state index contributed by atoms with van der Waals surface area (Å²) in [7, 11) is 0. The van der Waals surface area contributed by atoms with Gasteiger partial charge in [0.25, 0.3) is 0 Å². The highest BCUT2D eigenvalue weighted by Gasteiger charge is 2.07. The van der Waals surface area contributed by atoms with Crippen molar-refractivity contribution >= 4 is 11.6 Å². The number of hydrogen-bond donors (Lipinski definition) is 1. The minimum atomic E-state index is 0. The molecule has 1 rings (SSSR count). The number of anilines is 1. The van der Waals surface area contributed by atoms with E-state index in [9.17, 15) is 4.79 Å². The van der Waals surface area contributed by atoms with Crippen molar-refractivity contribution in [2.75, 3.05) is 5.32 Å². The third kappa shape index (κ3) is 2.59. The summed E-state index contributed by atoms with van der Waals surface area (Å²) in [6.07, 6.45) is 0.520. The Hall–Kier alpha value is -1.31. The number of carbonyl (C=O) groups is 1. The highest BCUT2D eigenvalue weighted by atomic mass is 16.1. The average Bonchev–Trinajstić information content (AvgIpc) is 2.18. The van der Waals surface area contributed by atoms with Crippen LogP contribution in [-0.2, 0) is 4.79 Å². The third-order valence-electron chi connectivity index (χ3n) is 2.18. The first-order valence-electron chi connectivity index (χ1n) is 5.04. The standard InChI is InChI=1S/C12H17NO.H2/c1-4-12(14)13-11-8-6-5-7-10(11)9(2)3;/h5-9H,4H2,1-3H3,(H,13,14);1H. The average molecular weight is 193 g/mol. The second-order valence-electron chi connectivity index (χ2n) is 3.64. The maximum atomic E-state index is 11.2. The first kappa shape index (κ1) is 10.8. The fourth-order valence-corrected chi connectivity index (χ4v) is 1.35. The number of amides is 1. The van der Waals surface area contributed by atoms with Gasteiger partial charge in [-0.05, 0) is 17.5 Å². The minimum Gasteiger partial charge on any atom is -0.326 e. The van der Waals surface area contributed by atoms with Crippen LogP contribution < -0.4 is 5.32 Å². The van der Waals surface area contributed by atoms with Gasteiger partial charge in [0.05, 0.1) is 0 Å². The van der Waals surface area contributed by atoms with Crippen LogP contribution in [0, 0.1) is 0 Å². The molecule has 0 bridgehead atoms. The molecule has 2 nitrogen and oxygen atoms in total. The lowest BCUT2D eigenvalue weighted by atomic mass is 10.0. The van der Waals surface area contributed by atoms with Gasteiger partial charge >= 0.3 is 0 Å². The summed E-state index contributed by atoms with van der Waals surface area (Å²) in [5.41, 5.74) is 2.13. The second kappa shape index (κ2) is 4.80. The van der Waals surface area contributed by atoms with E-state index in [1.54, 1.807) is 0 Å². The Kier molecular flexibility index (Phi) is 3.69. The van der Waals surface area contributed by atoms with Gasteiger partial charge in [0.1, 0.15) is 0 Å². The second-order valence-corrected chi connectivity index (χ2v) is 3.64. The molecule has 0 atom stereocenters. The molecule has 78 valence electrons. The van der Waals surface area contributed by atoms with Crippen molar-refractivity contribution in [1.82, 2.24) is 0 Å². The molecule has 0 aromatic heterocycles. The Morgan fingerprint density at radius 2 is 2.07 bits per heavy atom. The molecule has 0 saturated heterocycles. The van der Waals surface area contributed by atoms with Crippen LogP contribution in [-0.4, -0.2) is 5.91 Å². The van der Waals surface area contributed by atoms with Crippen molar-refractivity contribution in [3.8, 4) is 0 Å². The lowest BCUT2D eigenvalue weighted by Gasteiger charge is -2.12. The minimum absolute atomic E-state index is 0. The Bertz CT molecular complexity index is 323. The van der Waals surface area contributed by atoms with Crippen LogP contribution in [0.1, 0.15) is 40.1 Å². The molecule has 0 unspecified atom stereocenters. The van der Waals surface area contributed by atoms with Gasteiger partial charge in [-0.2, -0.15) is 0 Å². The quantitative estimate of drug-likeness (QED) is 0.783. The predicted molar refractivity (Wildman–Crippen MR) is 61.6 cm³/mol. The molecule has 0 spiro atoms. The summed E-state index contributed by atoms with van der Waals surface area (Å²) in [5, 5.41) is 2.90. The molecule has 0 aliphatic heterocycles. The van der Waals surface area contributed by atoms with E-state index in [1.807, 2.05) is 25.1 Å². The van der Waals surface area contributed by atoms with Gasteiger partial charge in [-0.1, -0.05) is 39.0 Å². The lowest BCUT2D eigenvalue weighted by molar-refractivity contribution is -0.115. The number of carbonyl (C=O) groups excluding carboxylic acids is 1. The van der Waals surface area contributed by atoms with E-state index in [-0.39, 0.29) is 7.33 Å². The van der Waals surface area contributed by atoms with Gasteiger partial charge in [0.15, 0.2) is 0 Å². The Morgan fingerprint density at radius 3 is 2.64 bits per heavy atom. The topological polar surface area (TPSA) is 29.1 Å². The maximum Gasteiger partial charge on any atom is 0.224 e. The maximum absolute atomic E-state index is 11.2. The van der Waals surface area contributed by atoms with Crippen molar-refractivity contribution in [2.24, 2.45) is 0 Å². The monoisotopic (exact) mass is 193 g/mol. The van der Waals surface area contributed by atoms with E-state index < -0.39 is 0 Å². The van der Waals surface area contributed by atoms with Gasteiger partial charge < -0.3 is 5.32 Å². The molecule has 14 heavy (non-hydrogen) atoms. The zero-order chi connectivity index (χ0) is 10.6. The normalized spacial score (nSPS) is 10.3. The molecule has 1 aromatic carbocycles. The van der Waals surface area contributed by atoms with E-state index in [0.717, 1.165) is 5.69 Å². The summed E-state index contributed by atoms with van der Waals surface area (Å²) >= 11 is 0. The first-order valence-corrected chi connectivity index (χ1v) is 5.04. The van der Waals surface area contributed by atoms with E-state index in [4.69, 9.17) is 0 Å². The van der Waals surface area contributed by atoms with Gasteiger partial charge in [-0.25, -0.2) is 0 Å². The molecule has 0 heterocycles. The number of rotatable bonds is 3. The summed E-state index contributed by atoms with van der Waals surface area (Å²) in [5.74, 6) is 0.501. The lowest BCUT2D eigenvalue weighted by Crippen LogP contribution is -2.11.